The first-order chi connectivity index (χ1) is 31.9. The predicted octanol–water partition coefficient (Wildman–Crippen LogP) is -5.40. The lowest BCUT2D eigenvalue weighted by atomic mass is 9.94. The number of esters is 1. The monoisotopic (exact) mass is 1010 g/mol. The highest BCUT2D eigenvalue weighted by molar-refractivity contribution is 5.76. The molecule has 2 saturated heterocycles. The van der Waals surface area contributed by atoms with E-state index >= 15 is 0 Å². The van der Waals surface area contributed by atoms with Gasteiger partial charge in [0.05, 0.1) is 61.4 Å². The Morgan fingerprint density at radius 1 is 0.551 bits per heavy atom. The number of methoxy groups -OCH3 is 1. The maximum atomic E-state index is 11.1. The van der Waals surface area contributed by atoms with Gasteiger partial charge in [0, 0.05) is 65.4 Å². The lowest BCUT2D eigenvalue weighted by molar-refractivity contribution is -0.142. The second kappa shape index (κ2) is 38.4. The third-order valence-electron chi connectivity index (χ3n) is 10.8. The van der Waals surface area contributed by atoms with Gasteiger partial charge in [0.25, 0.3) is 0 Å². The van der Waals surface area contributed by atoms with E-state index in [0.717, 1.165) is 45.1 Å². The van der Waals surface area contributed by atoms with Gasteiger partial charge in [0.15, 0.2) is 0 Å². The average Bonchev–Trinajstić information content (AvgIpc) is 3.68. The van der Waals surface area contributed by atoms with Crippen molar-refractivity contribution in [3.8, 4) is 0 Å². The molecule has 0 aromatic rings. The number of carbonyl (C=O) groups excluding carboxylic acids is 5. The molecule has 410 valence electrons. The van der Waals surface area contributed by atoms with Gasteiger partial charge < -0.3 is 104 Å². The summed E-state index contributed by atoms with van der Waals surface area (Å²) in [7, 11) is 2.98. The zero-order valence-electron chi connectivity index (χ0n) is 42.4. The number of nitrogens with one attached hydrogen (secondary N) is 5. The largest absolute Gasteiger partial charge is 0.466 e. The van der Waals surface area contributed by atoms with Crippen LogP contribution in [0.2, 0.25) is 0 Å². The molecule has 0 spiro atoms. The van der Waals surface area contributed by atoms with Crippen LogP contribution in [0.1, 0.15) is 114 Å². The van der Waals surface area contributed by atoms with Crippen molar-refractivity contribution in [3.05, 3.63) is 0 Å². The van der Waals surface area contributed by atoms with Gasteiger partial charge in [-0.3, -0.25) is 24.0 Å². The first-order valence-electron chi connectivity index (χ1n) is 23.3. The van der Waals surface area contributed by atoms with Crippen molar-refractivity contribution >= 4 is 29.6 Å². The van der Waals surface area contributed by atoms with Crippen molar-refractivity contribution in [3.63, 3.8) is 0 Å². The van der Waals surface area contributed by atoms with E-state index in [2.05, 4.69) is 26.6 Å². The Morgan fingerprint density at radius 2 is 0.942 bits per heavy atom. The van der Waals surface area contributed by atoms with Gasteiger partial charge in [-0.15, -0.1) is 0 Å². The van der Waals surface area contributed by atoms with Crippen LogP contribution < -0.4 is 38.1 Å². The summed E-state index contributed by atoms with van der Waals surface area (Å²) in [5, 5.41) is 119. The van der Waals surface area contributed by atoms with E-state index in [0.29, 0.717) is 13.0 Å². The summed E-state index contributed by atoms with van der Waals surface area (Å²) in [6, 6.07) is -5.05. The molecule has 25 nitrogen and oxygen atoms in total. The Hall–Kier alpha value is -3.25. The second-order valence-corrected chi connectivity index (χ2v) is 17.5. The zero-order chi connectivity index (χ0) is 54.3. The molecule has 0 aromatic heterocycles. The van der Waals surface area contributed by atoms with Crippen LogP contribution in [0.25, 0.3) is 0 Å². The number of hydrogen-bond donors (Lipinski definition) is 18. The minimum Gasteiger partial charge on any atom is -0.466 e. The highest BCUT2D eigenvalue weighted by Crippen LogP contribution is 2.14. The molecule has 2 fully saturated rings. The minimum absolute atomic E-state index is 0.0255. The minimum atomic E-state index is -1.47. The quantitative estimate of drug-likeness (QED) is 0.0506. The molecule has 4 amide bonds. The van der Waals surface area contributed by atoms with E-state index in [1.54, 1.807) is 20.9 Å². The van der Waals surface area contributed by atoms with Gasteiger partial charge >= 0.3 is 5.97 Å². The van der Waals surface area contributed by atoms with Crippen LogP contribution in [0.3, 0.4) is 0 Å². The summed E-state index contributed by atoms with van der Waals surface area (Å²) in [5.74, 6) is -1.20. The summed E-state index contributed by atoms with van der Waals surface area (Å²) in [6.45, 7) is 14.0. The molecule has 18 unspecified atom stereocenters. The lowest BCUT2D eigenvalue weighted by Crippen LogP contribution is -2.60. The van der Waals surface area contributed by atoms with Crippen LogP contribution >= 0.6 is 0 Å². The summed E-state index contributed by atoms with van der Waals surface area (Å²) < 4.78 is 9.81. The molecular formula is C44H91N7O18. The second-order valence-electron chi connectivity index (χ2n) is 17.5. The number of likely N-dealkylation sites (N-methyl/N-ethyl adjacent to an activating group) is 1. The predicted molar refractivity (Wildman–Crippen MR) is 253 cm³/mol. The molecule has 2 rings (SSSR count). The summed E-state index contributed by atoms with van der Waals surface area (Å²) >= 11 is 0. The highest BCUT2D eigenvalue weighted by Gasteiger charge is 2.39. The maximum absolute atomic E-state index is 11.1. The molecule has 2 aliphatic rings. The Morgan fingerprint density at radius 3 is 1.30 bits per heavy atom. The molecule has 18 atom stereocenters. The maximum Gasteiger partial charge on any atom is 0.305 e. The molecule has 2 aliphatic heterocycles. The molecule has 0 aliphatic carbocycles. The normalized spacial score (nSPS) is 21.7. The zero-order valence-corrected chi connectivity index (χ0v) is 42.4. The van der Waals surface area contributed by atoms with Gasteiger partial charge in [-0.25, -0.2) is 0 Å². The average molecular weight is 1010 g/mol. The third kappa shape index (κ3) is 31.0. The Kier molecular flexibility index (Phi) is 39.0. The Labute approximate surface area is 407 Å². The van der Waals surface area contributed by atoms with Crippen molar-refractivity contribution in [2.75, 3.05) is 27.3 Å². The Balaban J connectivity index is -0.000000816. The molecule has 0 aromatic carbocycles. The highest BCUT2D eigenvalue weighted by atomic mass is 16.5. The number of ether oxygens (including phenoxy) is 2. The van der Waals surface area contributed by atoms with Gasteiger partial charge in [0.1, 0.15) is 36.6 Å². The number of amides is 4. The molecule has 25 heteroatoms. The molecule has 0 saturated carbocycles. The van der Waals surface area contributed by atoms with Crippen LogP contribution in [0, 0.1) is 0 Å². The van der Waals surface area contributed by atoms with E-state index in [1.807, 2.05) is 0 Å². The third-order valence-corrected chi connectivity index (χ3v) is 10.8. The number of cyclic esters (lactones) is 1. The van der Waals surface area contributed by atoms with Gasteiger partial charge in [-0.05, 0) is 80.7 Å². The van der Waals surface area contributed by atoms with Gasteiger partial charge in [0.2, 0.25) is 23.6 Å². The lowest BCUT2D eigenvalue weighted by Gasteiger charge is -2.35. The van der Waals surface area contributed by atoms with Crippen molar-refractivity contribution in [2.45, 2.75) is 223 Å². The Bertz CT molecular complexity index is 1360. The molecule has 0 bridgehead atoms. The molecule has 69 heavy (non-hydrogen) atoms. The van der Waals surface area contributed by atoms with Crippen molar-refractivity contribution < 1.29 is 89.6 Å². The molecule has 2 heterocycles. The van der Waals surface area contributed by atoms with Crippen molar-refractivity contribution in [1.82, 2.24) is 26.6 Å². The van der Waals surface area contributed by atoms with Crippen LogP contribution in [0.15, 0.2) is 0 Å². The number of aliphatic hydroxyl groups excluding tert-OH is 11. The SMILES string of the molecule is CC(=O)NC(C(O)C(C)O)C(O)C(O)C(C)N.CNC(C)C(O)C(O)C(NC(C)=O)C(O)C(C)O.COC(C(C)N)C(O)C(NC(C)=O)C(O)C(C)O.O=C1CCCCCN1.O=C1CCCCCO1. The van der Waals surface area contributed by atoms with E-state index in [-0.39, 0.29) is 11.9 Å². The van der Waals surface area contributed by atoms with Crippen LogP contribution in [0.5, 0.6) is 0 Å². The van der Waals surface area contributed by atoms with E-state index in [1.165, 1.54) is 62.0 Å². The smallest absolute Gasteiger partial charge is 0.305 e. The number of rotatable bonds is 20. The van der Waals surface area contributed by atoms with Crippen LogP contribution in [-0.2, 0) is 33.4 Å². The van der Waals surface area contributed by atoms with Gasteiger partial charge in [-0.1, -0.05) is 6.42 Å². The molecule has 0 radical (unpaired) electrons. The number of aliphatic hydroxyl groups is 11. The van der Waals surface area contributed by atoms with Crippen molar-refractivity contribution in [1.29, 1.82) is 0 Å². The number of nitrogens with two attached hydrogens (primary N) is 2. The van der Waals surface area contributed by atoms with Crippen LogP contribution in [0.4, 0.5) is 0 Å². The first kappa shape index (κ1) is 70.0. The summed E-state index contributed by atoms with van der Waals surface area (Å²) in [4.78, 5) is 54.1. The van der Waals surface area contributed by atoms with Gasteiger partial charge in [-0.2, -0.15) is 0 Å². The number of carbonyl (C=O) groups is 5. The fraction of sp³-hybridized carbons (Fsp3) is 0.886. The summed E-state index contributed by atoms with van der Waals surface area (Å²) in [6.07, 6.45) is -6.89. The molecular weight excluding hydrogens is 915 g/mol. The first-order valence-corrected chi connectivity index (χ1v) is 23.3. The standard InChI is InChI=1S/2C11H24N2O5.C10H22N2O5.C6H11NO.C6H10O2/c1-5(12)11(18-4)10(17)8(13-7(3)15)9(16)6(2)14;1-5(12-4)9(16)11(18)8(13-7(3)15)10(17)6(2)14;1-4(11)8(15)10(17)7(12-6(3)14)9(16)5(2)13;8-6-4-2-1-3-5-7-6;7-6-4-2-1-3-5-8-6/h5-6,8-11,14,16-17H,12H2,1-4H3,(H,13,15);5-6,8-12,14,16-18H,1-4H3,(H,13,15);4-5,7-10,13,15-17H,11H2,1-3H3,(H,12,14);1-5H2,(H,7,8);1-5H2. The molecule has 20 N–H and O–H groups in total. The topological polar surface area (TPSA) is 439 Å². The number of hydrogen-bond acceptors (Lipinski definition) is 21. The van der Waals surface area contributed by atoms with E-state index in [9.17, 15) is 80.1 Å². The summed E-state index contributed by atoms with van der Waals surface area (Å²) in [5.41, 5.74) is 11.1. The fourth-order valence-corrected chi connectivity index (χ4v) is 6.50. The van der Waals surface area contributed by atoms with Crippen LogP contribution in [-0.4, -0.2) is 223 Å². The fourth-order valence-electron chi connectivity index (χ4n) is 6.50. The van der Waals surface area contributed by atoms with Crippen molar-refractivity contribution in [2.24, 2.45) is 11.5 Å². The van der Waals surface area contributed by atoms with E-state index < -0.39 is 127 Å². The van der Waals surface area contributed by atoms with E-state index in [4.69, 9.17) is 20.9 Å².